The summed E-state index contributed by atoms with van der Waals surface area (Å²) in [5.41, 5.74) is 19.0. The number of aromatic nitrogens is 2. The first-order valence-electron chi connectivity index (χ1n) is 21.7. The molecule has 2 aliphatic heterocycles. The van der Waals surface area contributed by atoms with E-state index in [4.69, 9.17) is 19.4 Å². The van der Waals surface area contributed by atoms with Crippen LogP contribution in [0, 0.1) is 0 Å². The average Bonchev–Trinajstić information content (AvgIpc) is 4.15. The number of thiophene rings is 4. The van der Waals surface area contributed by atoms with E-state index in [0.717, 1.165) is 60.9 Å². The first-order chi connectivity index (χ1) is 30.7. The van der Waals surface area contributed by atoms with Crippen molar-refractivity contribution in [1.29, 1.82) is 0 Å². The van der Waals surface area contributed by atoms with Gasteiger partial charge >= 0.3 is 189 Å². The van der Waals surface area contributed by atoms with E-state index in [1.807, 2.05) is 70.1 Å². The van der Waals surface area contributed by atoms with Crippen molar-refractivity contribution in [2.24, 2.45) is 0 Å². The number of nitrogens with two attached hydrogens (primary N) is 2. The molecule has 0 bridgehead atoms. The van der Waals surface area contributed by atoms with Crippen molar-refractivity contribution < 1.29 is 19.2 Å². The van der Waals surface area contributed by atoms with E-state index in [1.165, 1.54) is 85.4 Å². The summed E-state index contributed by atoms with van der Waals surface area (Å²) in [5.74, 6) is -1.23. The monoisotopic (exact) mass is 1000 g/mol. The molecule has 9 rings (SSSR count). The van der Waals surface area contributed by atoms with Gasteiger partial charge in [-0.15, -0.1) is 22.7 Å². The van der Waals surface area contributed by atoms with Crippen LogP contribution in [0.15, 0.2) is 70.1 Å². The SMILES string of the molecule is C.CCCCCCCC.CCCCCCCCN1C(=O)c2c(c(-c3cccs3)c3n[se]nc3c2-c2cccs2)C1=O.Nc1c(N)c(-c2cccs2)c2c(c1-c1cccs1)C(=O)NC2=O. The summed E-state index contributed by atoms with van der Waals surface area (Å²) < 4.78 is 9.43. The van der Waals surface area contributed by atoms with Gasteiger partial charge in [0, 0.05) is 20.9 Å². The molecule has 7 heterocycles. The van der Waals surface area contributed by atoms with Crippen LogP contribution in [0.25, 0.3) is 52.8 Å². The number of nitrogens with one attached hydrogen (secondary N) is 1. The molecular formula is C49H56N6O4S4Se. The second-order valence-corrected chi connectivity index (χ2v) is 20.3. The van der Waals surface area contributed by atoms with Crippen LogP contribution in [0.1, 0.15) is 147 Å². The summed E-state index contributed by atoms with van der Waals surface area (Å²) in [6.07, 6.45) is 15.2. The van der Waals surface area contributed by atoms with Crippen LogP contribution in [-0.2, 0) is 0 Å². The van der Waals surface area contributed by atoms with Crippen LogP contribution in [0.2, 0.25) is 0 Å². The number of unbranched alkanes of at least 4 members (excludes halogenated alkanes) is 10. The third-order valence-electron chi connectivity index (χ3n) is 11.2. The first kappa shape index (κ1) is 48.7. The van der Waals surface area contributed by atoms with E-state index in [2.05, 4.69) is 26.1 Å². The molecule has 2 aliphatic rings. The van der Waals surface area contributed by atoms with Crippen molar-refractivity contribution in [2.75, 3.05) is 18.0 Å². The molecule has 0 saturated carbocycles. The smallest absolute Gasteiger partial charge is 0.259 e. The zero-order valence-electron chi connectivity index (χ0n) is 35.8. The molecule has 0 unspecified atom stereocenters. The molecule has 4 amide bonds. The van der Waals surface area contributed by atoms with Gasteiger partial charge in [-0.3, -0.25) is 14.9 Å². The minimum atomic E-state index is -0.432. The Morgan fingerprint density at radius 2 is 0.844 bits per heavy atom. The molecule has 0 aliphatic carbocycles. The van der Waals surface area contributed by atoms with Crippen molar-refractivity contribution in [2.45, 2.75) is 105 Å². The van der Waals surface area contributed by atoms with Crippen molar-refractivity contribution in [3.05, 3.63) is 92.3 Å². The molecule has 0 fully saturated rings. The zero-order chi connectivity index (χ0) is 44.5. The maximum absolute atomic E-state index is 13.7. The van der Waals surface area contributed by atoms with Crippen LogP contribution in [0.5, 0.6) is 0 Å². The Morgan fingerprint density at radius 1 is 0.500 bits per heavy atom. The van der Waals surface area contributed by atoms with Gasteiger partial charge in [-0.25, -0.2) is 0 Å². The van der Waals surface area contributed by atoms with E-state index in [0.29, 0.717) is 51.3 Å². The van der Waals surface area contributed by atoms with Crippen LogP contribution in [0.4, 0.5) is 11.4 Å². The fourth-order valence-corrected chi connectivity index (χ4v) is 12.4. The van der Waals surface area contributed by atoms with Crippen molar-refractivity contribution in [3.63, 3.8) is 0 Å². The van der Waals surface area contributed by atoms with Crippen LogP contribution < -0.4 is 16.8 Å². The number of amides is 4. The fraction of sp³-hybridized carbons (Fsp3) is 0.347. The quantitative estimate of drug-likeness (QED) is 0.0373. The molecule has 5 aromatic heterocycles. The van der Waals surface area contributed by atoms with E-state index in [1.54, 1.807) is 22.7 Å². The van der Waals surface area contributed by atoms with Gasteiger partial charge in [0.15, 0.2) is 0 Å². The van der Waals surface area contributed by atoms with Gasteiger partial charge in [0.25, 0.3) is 11.8 Å². The van der Waals surface area contributed by atoms with Crippen molar-refractivity contribution in [1.82, 2.24) is 18.2 Å². The molecule has 7 aromatic rings. The van der Waals surface area contributed by atoms with Gasteiger partial charge in [-0.1, -0.05) is 85.3 Å². The minimum Gasteiger partial charge on any atom is -0.396 e. The fourth-order valence-electron chi connectivity index (χ4n) is 8.05. The summed E-state index contributed by atoms with van der Waals surface area (Å²) in [6, 6.07) is 15.4. The summed E-state index contributed by atoms with van der Waals surface area (Å²) >= 11 is 5.77. The number of hydrogen-bond acceptors (Lipinski definition) is 12. The summed E-state index contributed by atoms with van der Waals surface area (Å²) in [4.78, 5) is 57.0. The van der Waals surface area contributed by atoms with E-state index < -0.39 is 11.8 Å². The predicted octanol–water partition coefficient (Wildman–Crippen LogP) is 13.3. The predicted molar refractivity (Wildman–Crippen MR) is 271 cm³/mol. The molecule has 0 radical (unpaired) electrons. The Bertz CT molecular complexity index is 2500. The number of carbonyl (C=O) groups is 4. The van der Waals surface area contributed by atoms with Crippen LogP contribution in [-0.4, -0.2) is 58.0 Å². The van der Waals surface area contributed by atoms with E-state index >= 15 is 0 Å². The summed E-state index contributed by atoms with van der Waals surface area (Å²) in [7, 11) is 0. The number of hydrogen-bond donors (Lipinski definition) is 3. The van der Waals surface area contributed by atoms with Gasteiger partial charge in [-0.05, 0) is 22.9 Å². The standard InChI is InChI=1S/C24H23N3O2S2Se.C16H11N3O2S2.C8H18.CH4/c1-2-3-4-5-6-7-12-27-23(28)19-17(15-10-8-13-30-15)21-22(26-32-25-21)18(20(19)24(27)29)16-11-9-14-31-16;17-13-9(7-3-1-5-22-7)11-12(16(21)19-15(11)20)10(14(13)18)8-4-2-6-23-8;1-3-5-7-8-6-4-2;/h8-11,13-14H,2-7,12H2,1H3;1-6H,17-18H2,(H,19,20,21);3-8H2,1-2H3;1H4. The number of nitrogens with zero attached hydrogens (tertiary/aromatic N) is 3. The third kappa shape index (κ3) is 10.0. The number of fused-ring (bicyclic) bond motifs is 3. The first-order valence-corrected chi connectivity index (χ1v) is 26.7. The van der Waals surface area contributed by atoms with Gasteiger partial charge in [0.05, 0.1) is 22.5 Å². The normalized spacial score (nSPS) is 12.7. The van der Waals surface area contributed by atoms with E-state index in [9.17, 15) is 19.2 Å². The van der Waals surface area contributed by atoms with Gasteiger partial charge in [0.1, 0.15) is 0 Å². The van der Waals surface area contributed by atoms with Crippen LogP contribution >= 0.6 is 45.3 Å². The Hall–Kier alpha value is -4.76. The molecule has 0 spiro atoms. The topological polar surface area (TPSA) is 161 Å². The molecule has 5 N–H and O–H groups in total. The molecule has 15 heteroatoms. The molecule has 2 aromatic carbocycles. The number of nitrogen functional groups attached to an aromatic ring is 2. The molecular weight excluding hydrogens is 944 g/mol. The molecule has 0 atom stereocenters. The maximum Gasteiger partial charge on any atom is 0.259 e. The number of imide groups is 2. The van der Waals surface area contributed by atoms with Crippen molar-refractivity contribution >= 4 is 106 Å². The van der Waals surface area contributed by atoms with Gasteiger partial charge in [-0.2, -0.15) is 0 Å². The van der Waals surface area contributed by atoms with E-state index in [-0.39, 0.29) is 34.2 Å². The summed E-state index contributed by atoms with van der Waals surface area (Å²) in [5, 5.41) is 10.1. The van der Waals surface area contributed by atoms with Gasteiger partial charge < -0.3 is 11.5 Å². The molecule has 64 heavy (non-hydrogen) atoms. The maximum atomic E-state index is 13.7. The van der Waals surface area contributed by atoms with Gasteiger partial charge in [0.2, 0.25) is 0 Å². The second kappa shape index (κ2) is 22.9. The Kier molecular flexibility index (Phi) is 17.4. The number of anilines is 2. The van der Waals surface area contributed by atoms with Crippen LogP contribution in [0.3, 0.4) is 0 Å². The number of rotatable bonds is 16. The Morgan fingerprint density at radius 3 is 1.19 bits per heavy atom. The molecule has 0 saturated heterocycles. The number of benzene rings is 2. The largest absolute Gasteiger partial charge is 0.396 e. The zero-order valence-corrected chi connectivity index (χ0v) is 40.8. The Balaban J connectivity index is 0.000000186. The molecule has 336 valence electrons. The minimum absolute atomic E-state index is 0. The van der Waals surface area contributed by atoms with Crippen molar-refractivity contribution in [3.8, 4) is 41.8 Å². The third-order valence-corrected chi connectivity index (χ3v) is 15.8. The molecule has 10 nitrogen and oxygen atoms in total. The number of carbonyl (C=O) groups excluding carboxylic acids is 4. The second-order valence-electron chi connectivity index (χ2n) is 15.4. The summed E-state index contributed by atoms with van der Waals surface area (Å²) in [6.45, 7) is 7.18. The Labute approximate surface area is 398 Å². The average molecular weight is 1000 g/mol.